The van der Waals surface area contributed by atoms with Gasteiger partial charge >= 0.3 is 0 Å². The molecule has 21 heavy (non-hydrogen) atoms. The molecule has 4 heteroatoms. The first kappa shape index (κ1) is 13.9. The van der Waals surface area contributed by atoms with E-state index in [1.165, 1.54) is 0 Å². The number of nitrogens with zero attached hydrogens (tertiary/aromatic N) is 1. The zero-order valence-corrected chi connectivity index (χ0v) is 12.0. The Bertz CT molecular complexity index is 774. The van der Waals surface area contributed by atoms with Gasteiger partial charge in [0.05, 0.1) is 17.7 Å². The van der Waals surface area contributed by atoms with E-state index >= 15 is 0 Å². The van der Waals surface area contributed by atoms with E-state index < -0.39 is 6.10 Å². The lowest BCUT2D eigenvalue weighted by Crippen LogP contribution is -2.01. The number of aromatic hydroxyl groups is 1. The fraction of sp³-hybridized carbons (Fsp3) is 0.118. The number of aliphatic hydroxyl groups excluding tert-OH is 1. The van der Waals surface area contributed by atoms with Crippen LogP contribution in [-0.2, 0) is 0 Å². The van der Waals surface area contributed by atoms with Crippen LogP contribution >= 0.6 is 11.6 Å². The summed E-state index contributed by atoms with van der Waals surface area (Å²) in [7, 11) is 0. The second kappa shape index (κ2) is 5.72. The summed E-state index contributed by atoms with van der Waals surface area (Å²) in [5, 5.41) is 20.9. The minimum Gasteiger partial charge on any atom is -0.506 e. The number of phenolic OH excluding ortho intramolecular Hbond substituents is 1. The highest BCUT2D eigenvalue weighted by atomic mass is 35.5. The van der Waals surface area contributed by atoms with Crippen molar-refractivity contribution in [2.75, 3.05) is 5.88 Å². The Labute approximate surface area is 127 Å². The van der Waals surface area contributed by atoms with Crippen LogP contribution < -0.4 is 0 Å². The maximum Gasteiger partial charge on any atom is 0.141 e. The SMILES string of the molecule is Oc1cccc2c([C@@H](O)CCl)cc(-c3ccccc3)nc12. The summed E-state index contributed by atoms with van der Waals surface area (Å²) in [6.45, 7) is 0. The van der Waals surface area contributed by atoms with E-state index in [1.54, 1.807) is 12.1 Å². The third-order valence-corrected chi connectivity index (χ3v) is 3.72. The highest BCUT2D eigenvalue weighted by Gasteiger charge is 2.15. The largest absolute Gasteiger partial charge is 0.506 e. The van der Waals surface area contributed by atoms with Crippen LogP contribution in [0, 0.1) is 0 Å². The molecule has 0 saturated heterocycles. The van der Waals surface area contributed by atoms with Crippen LogP contribution in [0.4, 0.5) is 0 Å². The number of rotatable bonds is 3. The molecule has 0 aliphatic carbocycles. The molecule has 1 heterocycles. The van der Waals surface area contributed by atoms with Gasteiger partial charge < -0.3 is 10.2 Å². The van der Waals surface area contributed by atoms with Gasteiger partial charge in [-0.25, -0.2) is 4.98 Å². The van der Waals surface area contributed by atoms with Crippen LogP contribution in [0.25, 0.3) is 22.2 Å². The van der Waals surface area contributed by atoms with Gasteiger partial charge in [-0.2, -0.15) is 0 Å². The van der Waals surface area contributed by atoms with Gasteiger partial charge in [0.1, 0.15) is 11.3 Å². The Kier molecular flexibility index (Phi) is 3.78. The molecule has 1 aromatic heterocycles. The first-order valence-electron chi connectivity index (χ1n) is 6.63. The summed E-state index contributed by atoms with van der Waals surface area (Å²) in [5.74, 6) is 0.177. The second-order valence-corrected chi connectivity index (χ2v) is 5.11. The quantitative estimate of drug-likeness (QED) is 0.722. The summed E-state index contributed by atoms with van der Waals surface area (Å²) in [6, 6.07) is 16.6. The lowest BCUT2D eigenvalue weighted by molar-refractivity contribution is 0.204. The lowest BCUT2D eigenvalue weighted by Gasteiger charge is -2.14. The van der Waals surface area contributed by atoms with Crippen molar-refractivity contribution >= 4 is 22.5 Å². The standard InChI is InChI=1S/C17H14ClNO2/c18-10-16(21)13-9-14(11-5-2-1-3-6-11)19-17-12(13)7-4-8-15(17)20/h1-9,16,20-21H,10H2/t16-/m0/s1. The fourth-order valence-electron chi connectivity index (χ4n) is 2.38. The molecule has 0 fully saturated rings. The van der Waals surface area contributed by atoms with Crippen LogP contribution in [0.1, 0.15) is 11.7 Å². The minimum atomic E-state index is -0.804. The summed E-state index contributed by atoms with van der Waals surface area (Å²) in [5.41, 5.74) is 2.76. The van der Waals surface area contributed by atoms with Gasteiger partial charge in [0, 0.05) is 10.9 Å². The smallest absolute Gasteiger partial charge is 0.141 e. The third kappa shape index (κ3) is 2.58. The predicted octanol–water partition coefficient (Wildman–Crippen LogP) is 3.88. The number of aliphatic hydroxyl groups is 1. The van der Waals surface area contributed by atoms with Gasteiger partial charge in [-0.1, -0.05) is 42.5 Å². The monoisotopic (exact) mass is 299 g/mol. The molecule has 0 aliphatic heterocycles. The third-order valence-electron chi connectivity index (χ3n) is 3.42. The Morgan fingerprint density at radius 3 is 2.52 bits per heavy atom. The molecule has 0 saturated carbocycles. The van der Waals surface area contributed by atoms with Gasteiger partial charge in [0.15, 0.2) is 0 Å². The van der Waals surface area contributed by atoms with Gasteiger partial charge in [-0.15, -0.1) is 11.6 Å². The number of hydrogen-bond donors (Lipinski definition) is 2. The number of benzene rings is 2. The highest BCUT2D eigenvalue weighted by Crippen LogP contribution is 2.32. The maximum atomic E-state index is 10.1. The van der Waals surface area contributed by atoms with Crippen molar-refractivity contribution in [2.45, 2.75) is 6.10 Å². The van der Waals surface area contributed by atoms with Gasteiger partial charge in [-0.3, -0.25) is 0 Å². The second-order valence-electron chi connectivity index (χ2n) is 4.81. The van der Waals surface area contributed by atoms with Crippen LogP contribution in [0.3, 0.4) is 0 Å². The van der Waals surface area contributed by atoms with Crippen molar-refractivity contribution in [3.8, 4) is 17.0 Å². The van der Waals surface area contributed by atoms with E-state index in [1.807, 2.05) is 42.5 Å². The van der Waals surface area contributed by atoms with Crippen LogP contribution in [-0.4, -0.2) is 21.1 Å². The van der Waals surface area contributed by atoms with E-state index in [0.29, 0.717) is 22.2 Å². The van der Waals surface area contributed by atoms with Crippen LogP contribution in [0.2, 0.25) is 0 Å². The van der Waals surface area contributed by atoms with Crippen molar-refractivity contribution in [1.29, 1.82) is 0 Å². The Morgan fingerprint density at radius 1 is 1.05 bits per heavy atom. The highest BCUT2D eigenvalue weighted by molar-refractivity contribution is 6.18. The number of halogens is 1. The van der Waals surface area contributed by atoms with Crippen molar-refractivity contribution in [3.05, 3.63) is 60.2 Å². The molecule has 106 valence electrons. The maximum absolute atomic E-state index is 10.1. The molecule has 0 spiro atoms. The number of para-hydroxylation sites is 1. The average Bonchev–Trinajstić information content (AvgIpc) is 2.54. The van der Waals surface area contributed by atoms with E-state index in [0.717, 1.165) is 5.56 Å². The molecule has 3 aromatic rings. The van der Waals surface area contributed by atoms with E-state index in [-0.39, 0.29) is 11.6 Å². The van der Waals surface area contributed by atoms with Crippen LogP contribution in [0.5, 0.6) is 5.75 Å². The minimum absolute atomic E-state index is 0.0863. The topological polar surface area (TPSA) is 53.4 Å². The normalized spacial score (nSPS) is 12.5. The van der Waals surface area contributed by atoms with E-state index in [4.69, 9.17) is 11.6 Å². The van der Waals surface area contributed by atoms with E-state index in [2.05, 4.69) is 4.98 Å². The van der Waals surface area contributed by atoms with Gasteiger partial charge in [-0.05, 0) is 17.7 Å². The molecule has 3 rings (SSSR count). The van der Waals surface area contributed by atoms with Crippen LogP contribution in [0.15, 0.2) is 54.6 Å². The van der Waals surface area contributed by atoms with Gasteiger partial charge in [0.2, 0.25) is 0 Å². The number of aromatic nitrogens is 1. The Hall–Kier alpha value is -2.10. The fourth-order valence-corrected chi connectivity index (χ4v) is 2.54. The molecule has 0 aliphatic rings. The first-order valence-corrected chi connectivity index (χ1v) is 7.16. The lowest BCUT2D eigenvalue weighted by atomic mass is 10.0. The first-order chi connectivity index (χ1) is 10.2. The molecule has 0 amide bonds. The van der Waals surface area contributed by atoms with Gasteiger partial charge in [0.25, 0.3) is 0 Å². The Balaban J connectivity index is 2.31. The zero-order valence-electron chi connectivity index (χ0n) is 11.2. The number of pyridine rings is 1. The molecular weight excluding hydrogens is 286 g/mol. The average molecular weight is 300 g/mol. The van der Waals surface area contributed by atoms with Crippen molar-refractivity contribution in [2.24, 2.45) is 0 Å². The molecule has 1 atom stereocenters. The van der Waals surface area contributed by atoms with Crippen molar-refractivity contribution < 1.29 is 10.2 Å². The molecule has 0 radical (unpaired) electrons. The molecule has 2 aromatic carbocycles. The predicted molar refractivity (Wildman–Crippen MR) is 84.5 cm³/mol. The number of phenols is 1. The molecular formula is C17H14ClNO2. The van der Waals surface area contributed by atoms with E-state index in [9.17, 15) is 10.2 Å². The number of fused-ring (bicyclic) bond motifs is 1. The van der Waals surface area contributed by atoms with Crippen molar-refractivity contribution in [1.82, 2.24) is 4.98 Å². The molecule has 0 bridgehead atoms. The number of alkyl halides is 1. The molecule has 3 nitrogen and oxygen atoms in total. The molecule has 0 unspecified atom stereocenters. The summed E-state index contributed by atoms with van der Waals surface area (Å²) < 4.78 is 0. The summed E-state index contributed by atoms with van der Waals surface area (Å²) >= 11 is 5.79. The number of hydrogen-bond acceptors (Lipinski definition) is 3. The molecule has 2 N–H and O–H groups in total. The summed E-state index contributed by atoms with van der Waals surface area (Å²) in [4.78, 5) is 4.52. The summed E-state index contributed by atoms with van der Waals surface area (Å²) in [6.07, 6.45) is -0.804. The zero-order chi connectivity index (χ0) is 14.8. The van der Waals surface area contributed by atoms with Crippen molar-refractivity contribution in [3.63, 3.8) is 0 Å². The Morgan fingerprint density at radius 2 is 1.81 bits per heavy atom.